The van der Waals surface area contributed by atoms with E-state index < -0.39 is 15.3 Å². The molecule has 1 atom stereocenters. The van der Waals surface area contributed by atoms with Crippen LogP contribution < -0.4 is 9.62 Å². The van der Waals surface area contributed by atoms with Crippen LogP contribution in [0.25, 0.3) is 0 Å². The second kappa shape index (κ2) is 4.62. The van der Waals surface area contributed by atoms with Crippen molar-refractivity contribution in [1.82, 2.24) is 5.32 Å². The fraction of sp³-hybridized carbons (Fsp3) is 0.455. The maximum Gasteiger partial charge on any atom is 0.239 e. The zero-order chi connectivity index (χ0) is 12.5. The zero-order valence-electron chi connectivity index (χ0n) is 9.56. The van der Waals surface area contributed by atoms with E-state index in [9.17, 15) is 12.8 Å². The second-order valence-corrected chi connectivity index (χ2v) is 6.38. The van der Waals surface area contributed by atoms with E-state index >= 15 is 0 Å². The average molecular weight is 258 g/mol. The highest BCUT2D eigenvalue weighted by Crippen LogP contribution is 2.21. The molecule has 4 nitrogen and oxygen atoms in total. The van der Waals surface area contributed by atoms with Crippen molar-refractivity contribution in [3.05, 3.63) is 30.1 Å². The van der Waals surface area contributed by atoms with Gasteiger partial charge in [-0.2, -0.15) is 0 Å². The smallest absolute Gasteiger partial charge is 0.239 e. The normalized spacial score (nSPS) is 24.4. The molecular weight excluding hydrogens is 243 g/mol. The average Bonchev–Trinajstić information content (AvgIpc) is 2.41. The summed E-state index contributed by atoms with van der Waals surface area (Å²) in [6, 6.07) is 5.53. The lowest BCUT2D eigenvalue weighted by Gasteiger charge is -2.24. The number of nitrogens with zero attached hydrogens (tertiary/aromatic N) is 1. The third-order valence-corrected chi connectivity index (χ3v) is 5.05. The quantitative estimate of drug-likeness (QED) is 0.816. The molecule has 0 aliphatic carbocycles. The Hall–Kier alpha value is -1.14. The molecule has 1 aromatic carbocycles. The highest BCUT2D eigenvalue weighted by molar-refractivity contribution is 7.93. The molecule has 1 aromatic rings. The number of anilines is 1. The number of hydrogen-bond acceptors (Lipinski definition) is 3. The first-order valence-corrected chi connectivity index (χ1v) is 7.00. The summed E-state index contributed by atoms with van der Waals surface area (Å²) in [5, 5.41) is 2.59. The summed E-state index contributed by atoms with van der Waals surface area (Å²) < 4.78 is 38.6. The predicted octanol–water partition coefficient (Wildman–Crippen LogP) is 0.954. The highest BCUT2D eigenvalue weighted by atomic mass is 32.2. The molecule has 1 unspecified atom stereocenters. The molecule has 0 saturated carbocycles. The van der Waals surface area contributed by atoms with Crippen LogP contribution in [0, 0.1) is 5.82 Å². The van der Waals surface area contributed by atoms with Gasteiger partial charge in [-0.3, -0.25) is 4.31 Å². The topological polar surface area (TPSA) is 49.4 Å². The molecule has 1 heterocycles. The number of benzene rings is 1. The van der Waals surface area contributed by atoms with Crippen LogP contribution in [-0.4, -0.2) is 33.3 Å². The summed E-state index contributed by atoms with van der Waals surface area (Å²) in [5.74, 6) is -0.368. The third kappa shape index (κ3) is 2.42. The van der Waals surface area contributed by atoms with Crippen LogP contribution in [0.3, 0.4) is 0 Å². The number of nitrogens with one attached hydrogen (secondary N) is 1. The summed E-state index contributed by atoms with van der Waals surface area (Å²) in [6.45, 7) is 3.09. The molecule has 1 aliphatic heterocycles. The van der Waals surface area contributed by atoms with Crippen LogP contribution >= 0.6 is 0 Å². The van der Waals surface area contributed by atoms with Crippen molar-refractivity contribution in [3.8, 4) is 0 Å². The summed E-state index contributed by atoms with van der Waals surface area (Å²) in [5.41, 5.74) is 0.516. The maximum absolute atomic E-state index is 12.8. The molecule has 0 amide bonds. The molecular formula is C11H15FN2O2S. The molecule has 0 bridgehead atoms. The van der Waals surface area contributed by atoms with Gasteiger partial charge in [0.15, 0.2) is 0 Å². The Labute approximate surface area is 100 Å². The molecule has 1 saturated heterocycles. The van der Waals surface area contributed by atoms with Gasteiger partial charge in [0.25, 0.3) is 0 Å². The Morgan fingerprint density at radius 1 is 1.35 bits per heavy atom. The number of halogens is 1. The lowest BCUT2D eigenvalue weighted by Crippen LogP contribution is -2.37. The van der Waals surface area contributed by atoms with Gasteiger partial charge in [0.2, 0.25) is 10.0 Å². The summed E-state index contributed by atoms with van der Waals surface area (Å²) in [4.78, 5) is 0. The van der Waals surface area contributed by atoms with Crippen LogP contribution in [0.2, 0.25) is 0 Å². The van der Waals surface area contributed by atoms with Gasteiger partial charge in [0.05, 0.1) is 10.9 Å². The van der Waals surface area contributed by atoms with Crippen molar-refractivity contribution < 1.29 is 12.8 Å². The molecule has 94 valence electrons. The van der Waals surface area contributed by atoms with Crippen LogP contribution in [-0.2, 0) is 10.0 Å². The van der Waals surface area contributed by atoms with Crippen molar-refractivity contribution in [1.29, 1.82) is 0 Å². The number of hydrogen-bond donors (Lipinski definition) is 1. The Kier molecular flexibility index (Phi) is 3.35. The van der Waals surface area contributed by atoms with E-state index in [2.05, 4.69) is 5.32 Å². The fourth-order valence-electron chi connectivity index (χ4n) is 1.82. The molecule has 17 heavy (non-hydrogen) atoms. The van der Waals surface area contributed by atoms with Crippen molar-refractivity contribution in [2.75, 3.05) is 23.9 Å². The van der Waals surface area contributed by atoms with Crippen LogP contribution in [0.5, 0.6) is 0 Å². The summed E-state index contributed by atoms with van der Waals surface area (Å²) in [6.07, 6.45) is 0. The fourth-order valence-corrected chi connectivity index (χ4v) is 3.34. The van der Waals surface area contributed by atoms with Crippen molar-refractivity contribution in [2.24, 2.45) is 0 Å². The SMILES string of the molecule is CC1CNCCN(c2ccc(F)cc2)S1(=O)=O. The summed E-state index contributed by atoms with van der Waals surface area (Å²) >= 11 is 0. The molecule has 0 aromatic heterocycles. The molecule has 1 fully saturated rings. The van der Waals surface area contributed by atoms with E-state index in [4.69, 9.17) is 0 Å². The minimum atomic E-state index is -3.36. The molecule has 2 rings (SSSR count). The Morgan fingerprint density at radius 3 is 2.65 bits per heavy atom. The minimum absolute atomic E-state index is 0.368. The molecule has 6 heteroatoms. The largest absolute Gasteiger partial charge is 0.314 e. The standard InChI is InChI=1S/C11H15FN2O2S/c1-9-8-13-6-7-14(17(9,15)16)11-4-2-10(12)3-5-11/h2-5,9,13H,6-8H2,1H3. The Balaban J connectivity index is 2.38. The van der Waals surface area contributed by atoms with E-state index in [1.807, 2.05) is 0 Å². The van der Waals surface area contributed by atoms with Gasteiger partial charge in [0, 0.05) is 19.6 Å². The van der Waals surface area contributed by atoms with Gasteiger partial charge in [-0.05, 0) is 31.2 Å². The van der Waals surface area contributed by atoms with E-state index in [0.717, 1.165) is 0 Å². The Morgan fingerprint density at radius 2 is 2.00 bits per heavy atom. The first kappa shape index (κ1) is 12.3. The van der Waals surface area contributed by atoms with Crippen LogP contribution in [0.1, 0.15) is 6.92 Å². The van der Waals surface area contributed by atoms with Crippen molar-refractivity contribution in [2.45, 2.75) is 12.2 Å². The zero-order valence-corrected chi connectivity index (χ0v) is 10.4. The van der Waals surface area contributed by atoms with Crippen LogP contribution in [0.15, 0.2) is 24.3 Å². The predicted molar refractivity (Wildman–Crippen MR) is 65.0 cm³/mol. The van der Waals surface area contributed by atoms with Gasteiger partial charge in [-0.1, -0.05) is 0 Å². The first-order chi connectivity index (χ1) is 8.01. The highest BCUT2D eigenvalue weighted by Gasteiger charge is 2.30. The van der Waals surface area contributed by atoms with Gasteiger partial charge >= 0.3 is 0 Å². The molecule has 0 spiro atoms. The third-order valence-electron chi connectivity index (χ3n) is 2.85. The first-order valence-electron chi connectivity index (χ1n) is 5.49. The van der Waals surface area contributed by atoms with Gasteiger partial charge < -0.3 is 5.32 Å². The van der Waals surface area contributed by atoms with Gasteiger partial charge in [-0.15, -0.1) is 0 Å². The van der Waals surface area contributed by atoms with E-state index in [0.29, 0.717) is 25.3 Å². The monoisotopic (exact) mass is 258 g/mol. The van der Waals surface area contributed by atoms with Gasteiger partial charge in [0.1, 0.15) is 5.82 Å². The van der Waals surface area contributed by atoms with Crippen molar-refractivity contribution in [3.63, 3.8) is 0 Å². The lowest BCUT2D eigenvalue weighted by molar-refractivity contribution is 0.581. The Bertz CT molecular complexity index is 487. The molecule has 0 radical (unpaired) electrons. The van der Waals surface area contributed by atoms with E-state index in [1.165, 1.54) is 28.6 Å². The van der Waals surface area contributed by atoms with E-state index in [1.54, 1.807) is 6.92 Å². The molecule has 1 aliphatic rings. The van der Waals surface area contributed by atoms with E-state index in [-0.39, 0.29) is 5.82 Å². The minimum Gasteiger partial charge on any atom is -0.314 e. The number of rotatable bonds is 1. The number of sulfonamides is 1. The second-order valence-electron chi connectivity index (χ2n) is 4.11. The summed E-state index contributed by atoms with van der Waals surface area (Å²) in [7, 11) is -3.36. The van der Waals surface area contributed by atoms with Gasteiger partial charge in [-0.25, -0.2) is 12.8 Å². The van der Waals surface area contributed by atoms with Crippen molar-refractivity contribution >= 4 is 15.7 Å². The lowest BCUT2D eigenvalue weighted by atomic mass is 10.3. The maximum atomic E-state index is 12.8. The molecule has 1 N–H and O–H groups in total. The van der Waals surface area contributed by atoms with Crippen LogP contribution in [0.4, 0.5) is 10.1 Å².